The summed E-state index contributed by atoms with van der Waals surface area (Å²) >= 11 is 0. The van der Waals surface area contributed by atoms with E-state index in [0.717, 1.165) is 18.6 Å². The minimum atomic E-state index is -3.90. The Bertz CT molecular complexity index is 854. The average Bonchev–Trinajstić information content (AvgIpc) is 2.74. The van der Waals surface area contributed by atoms with E-state index in [1.165, 1.54) is 16.4 Å². The van der Waals surface area contributed by atoms with E-state index in [2.05, 4.69) is 5.32 Å². The number of carbonyl (C=O) groups is 2. The fraction of sp³-hybridized carbons (Fsp3) is 0.600. The van der Waals surface area contributed by atoms with Gasteiger partial charge in [0.2, 0.25) is 15.9 Å². The quantitative estimate of drug-likeness (QED) is 0.755. The van der Waals surface area contributed by atoms with Crippen LogP contribution in [0.5, 0.6) is 0 Å². The van der Waals surface area contributed by atoms with Crippen molar-refractivity contribution < 1.29 is 27.1 Å². The van der Waals surface area contributed by atoms with Crippen LogP contribution in [0.25, 0.3) is 0 Å². The number of carbonyl (C=O) groups excluding carboxylic acids is 2. The largest absolute Gasteiger partial charge is 0.450 e. The predicted molar refractivity (Wildman–Crippen MR) is 108 cm³/mol. The molecule has 3 rings (SSSR count). The molecular weight excluding hydrogens is 413 g/mol. The number of amides is 2. The van der Waals surface area contributed by atoms with Gasteiger partial charge in [-0.15, -0.1) is 0 Å². The minimum absolute atomic E-state index is 0.0219. The van der Waals surface area contributed by atoms with Gasteiger partial charge >= 0.3 is 6.09 Å². The summed E-state index contributed by atoms with van der Waals surface area (Å²) in [5, 5.41) is 2.96. The Balaban J connectivity index is 1.64. The molecule has 0 saturated carbocycles. The summed E-state index contributed by atoms with van der Waals surface area (Å²) in [5.41, 5.74) is 0. The van der Waals surface area contributed by atoms with E-state index < -0.39 is 21.9 Å². The number of likely N-dealkylation sites (tertiary alicyclic amines) is 1. The number of hydrogen-bond acceptors (Lipinski definition) is 5. The highest BCUT2D eigenvalue weighted by molar-refractivity contribution is 7.89. The molecule has 2 heterocycles. The lowest BCUT2D eigenvalue weighted by Gasteiger charge is -2.36. The molecule has 166 valence electrons. The molecule has 10 heteroatoms. The van der Waals surface area contributed by atoms with Crippen molar-refractivity contribution in [3.63, 3.8) is 0 Å². The zero-order valence-corrected chi connectivity index (χ0v) is 17.9. The molecule has 2 fully saturated rings. The van der Waals surface area contributed by atoms with E-state index in [-0.39, 0.29) is 29.5 Å². The van der Waals surface area contributed by atoms with Crippen LogP contribution >= 0.6 is 0 Å². The van der Waals surface area contributed by atoms with Crippen molar-refractivity contribution >= 4 is 22.0 Å². The molecule has 0 aliphatic carbocycles. The fourth-order valence-corrected chi connectivity index (χ4v) is 5.57. The maximum atomic E-state index is 13.2. The zero-order valence-electron chi connectivity index (χ0n) is 17.0. The molecule has 8 nitrogen and oxygen atoms in total. The van der Waals surface area contributed by atoms with Gasteiger partial charge in [-0.1, -0.05) is 6.42 Å². The summed E-state index contributed by atoms with van der Waals surface area (Å²) in [6, 6.07) is 3.72. The second kappa shape index (κ2) is 9.74. The maximum absolute atomic E-state index is 13.2. The molecule has 1 aromatic carbocycles. The molecule has 2 aliphatic rings. The third kappa shape index (κ3) is 5.10. The van der Waals surface area contributed by atoms with Gasteiger partial charge in [-0.2, -0.15) is 4.31 Å². The number of ether oxygens (including phenoxy) is 1. The van der Waals surface area contributed by atoms with Crippen molar-refractivity contribution in [1.82, 2.24) is 14.5 Å². The number of benzene rings is 1. The van der Waals surface area contributed by atoms with E-state index in [1.54, 1.807) is 11.8 Å². The first-order valence-electron chi connectivity index (χ1n) is 10.3. The van der Waals surface area contributed by atoms with Gasteiger partial charge in [0.1, 0.15) is 11.9 Å². The van der Waals surface area contributed by atoms with Crippen LogP contribution in [-0.2, 0) is 19.6 Å². The minimum Gasteiger partial charge on any atom is -0.450 e. The topological polar surface area (TPSA) is 96.0 Å². The highest BCUT2D eigenvalue weighted by atomic mass is 32.2. The lowest BCUT2D eigenvalue weighted by Crippen LogP contribution is -2.55. The first-order valence-corrected chi connectivity index (χ1v) is 11.8. The third-order valence-corrected chi connectivity index (χ3v) is 7.47. The zero-order chi connectivity index (χ0) is 21.7. The first-order chi connectivity index (χ1) is 14.3. The number of halogens is 1. The second-order valence-corrected chi connectivity index (χ2v) is 9.44. The van der Waals surface area contributed by atoms with Crippen molar-refractivity contribution in [1.29, 1.82) is 0 Å². The van der Waals surface area contributed by atoms with E-state index in [0.29, 0.717) is 45.4 Å². The van der Waals surface area contributed by atoms with Gasteiger partial charge in [-0.05, 0) is 56.9 Å². The predicted octanol–water partition coefficient (Wildman–Crippen LogP) is 2.11. The molecule has 0 unspecified atom stereocenters. The maximum Gasteiger partial charge on any atom is 0.409 e. The normalized spacial score (nSPS) is 21.3. The Hall–Kier alpha value is -2.20. The molecule has 30 heavy (non-hydrogen) atoms. The second-order valence-electron chi connectivity index (χ2n) is 7.55. The van der Waals surface area contributed by atoms with Gasteiger partial charge in [0.15, 0.2) is 0 Å². The molecule has 2 aliphatic heterocycles. The van der Waals surface area contributed by atoms with E-state index in [1.807, 2.05) is 0 Å². The Kier molecular flexibility index (Phi) is 7.30. The molecule has 0 spiro atoms. The van der Waals surface area contributed by atoms with Crippen molar-refractivity contribution in [2.75, 3.05) is 26.2 Å². The molecule has 1 atom stereocenters. The highest BCUT2D eigenvalue weighted by Gasteiger charge is 2.38. The molecule has 2 amide bonds. The lowest BCUT2D eigenvalue weighted by atomic mass is 10.0. The number of nitrogens with zero attached hydrogens (tertiary/aromatic N) is 2. The molecule has 2 saturated heterocycles. The van der Waals surface area contributed by atoms with E-state index >= 15 is 0 Å². The monoisotopic (exact) mass is 441 g/mol. The van der Waals surface area contributed by atoms with E-state index in [9.17, 15) is 22.4 Å². The van der Waals surface area contributed by atoms with E-state index in [4.69, 9.17) is 4.74 Å². The van der Waals surface area contributed by atoms with Gasteiger partial charge in [0, 0.05) is 25.7 Å². The SMILES string of the molecule is CCOC(=O)N1CCC(NC(=O)[C@H]2CCCCN2S(=O)(=O)c2ccc(F)cc2)CC1. The average molecular weight is 442 g/mol. The van der Waals surface area contributed by atoms with Gasteiger partial charge in [0.25, 0.3) is 0 Å². The fourth-order valence-electron chi connectivity index (χ4n) is 3.92. The summed E-state index contributed by atoms with van der Waals surface area (Å²) in [6.45, 7) is 3.27. The van der Waals surface area contributed by atoms with Crippen LogP contribution in [-0.4, -0.2) is 67.9 Å². The van der Waals surface area contributed by atoms with Gasteiger partial charge in [-0.25, -0.2) is 17.6 Å². The summed E-state index contributed by atoms with van der Waals surface area (Å²) < 4.78 is 45.5. The van der Waals surface area contributed by atoms with Crippen molar-refractivity contribution in [2.45, 2.75) is 56.0 Å². The molecular formula is C20H28FN3O5S. The number of piperidine rings is 2. The molecule has 0 aromatic heterocycles. The van der Waals surface area contributed by atoms with Crippen LogP contribution in [0.15, 0.2) is 29.2 Å². The number of hydrogen-bond donors (Lipinski definition) is 1. The number of sulfonamides is 1. The summed E-state index contributed by atoms with van der Waals surface area (Å²) in [4.78, 5) is 26.3. The van der Waals surface area contributed by atoms with Crippen LogP contribution < -0.4 is 5.32 Å². The third-order valence-electron chi connectivity index (χ3n) is 5.54. The first kappa shape index (κ1) is 22.5. The van der Waals surface area contributed by atoms with Gasteiger partial charge < -0.3 is 15.0 Å². The van der Waals surface area contributed by atoms with Crippen molar-refractivity contribution in [2.24, 2.45) is 0 Å². The Labute approximate surface area is 176 Å². The Morgan fingerprint density at radius 1 is 1.10 bits per heavy atom. The smallest absolute Gasteiger partial charge is 0.409 e. The van der Waals surface area contributed by atoms with Crippen LogP contribution in [0.2, 0.25) is 0 Å². The summed E-state index contributed by atoms with van der Waals surface area (Å²) in [7, 11) is -3.90. The lowest BCUT2D eigenvalue weighted by molar-refractivity contribution is -0.126. The highest BCUT2D eigenvalue weighted by Crippen LogP contribution is 2.26. The van der Waals surface area contributed by atoms with Crippen LogP contribution in [0, 0.1) is 5.82 Å². The van der Waals surface area contributed by atoms with Gasteiger partial charge in [0.05, 0.1) is 11.5 Å². The Morgan fingerprint density at radius 3 is 2.40 bits per heavy atom. The molecule has 1 N–H and O–H groups in total. The molecule has 0 radical (unpaired) electrons. The van der Waals surface area contributed by atoms with Crippen LogP contribution in [0.4, 0.5) is 9.18 Å². The summed E-state index contributed by atoms with van der Waals surface area (Å²) in [6.07, 6.45) is 2.68. The van der Waals surface area contributed by atoms with Crippen LogP contribution in [0.3, 0.4) is 0 Å². The standard InChI is InChI=1S/C20H28FN3O5S/c1-2-29-20(26)23-13-10-16(11-14-23)22-19(25)18-5-3-4-12-24(18)30(27,28)17-8-6-15(21)7-9-17/h6-9,16,18H,2-5,10-14H2,1H3,(H,22,25)/t18-/m1/s1. The van der Waals surface area contributed by atoms with Gasteiger partial charge in [-0.3, -0.25) is 4.79 Å². The number of rotatable bonds is 5. The van der Waals surface area contributed by atoms with Crippen molar-refractivity contribution in [3.05, 3.63) is 30.1 Å². The van der Waals surface area contributed by atoms with Crippen LogP contribution in [0.1, 0.15) is 39.0 Å². The molecule has 1 aromatic rings. The number of nitrogens with one attached hydrogen (secondary N) is 1. The summed E-state index contributed by atoms with van der Waals surface area (Å²) in [5.74, 6) is -0.842. The Morgan fingerprint density at radius 2 is 1.77 bits per heavy atom. The molecule has 0 bridgehead atoms. The van der Waals surface area contributed by atoms with Crippen molar-refractivity contribution in [3.8, 4) is 0 Å².